The van der Waals surface area contributed by atoms with Gasteiger partial charge in [-0.1, -0.05) is 18.2 Å². The Labute approximate surface area is 126 Å². The van der Waals surface area contributed by atoms with E-state index in [0.717, 1.165) is 0 Å². The molecule has 2 aromatic carbocycles. The van der Waals surface area contributed by atoms with Gasteiger partial charge in [0.2, 0.25) is 0 Å². The lowest BCUT2D eigenvalue weighted by Gasteiger charge is -2.09. The number of esters is 1. The number of hydrogen-bond acceptors (Lipinski definition) is 5. The number of aromatic nitrogens is 1. The molecule has 0 aliphatic rings. The van der Waals surface area contributed by atoms with Gasteiger partial charge in [-0.3, -0.25) is 0 Å². The van der Waals surface area contributed by atoms with Crippen molar-refractivity contribution >= 4 is 16.7 Å². The predicted molar refractivity (Wildman–Crippen MR) is 81.3 cm³/mol. The number of para-hydroxylation sites is 1. The standard InChI is InChI=1S/C17H13NO4/c1-21-17(20)15-16(19)14-9-13(8-7-11(14)10-18-15)22-12-5-3-2-4-6-12/h2-10,19H,1H3. The topological polar surface area (TPSA) is 68.7 Å². The summed E-state index contributed by atoms with van der Waals surface area (Å²) >= 11 is 0. The second-order valence-corrected chi connectivity index (χ2v) is 4.61. The number of hydrogen-bond donors (Lipinski definition) is 1. The van der Waals surface area contributed by atoms with Crippen LogP contribution in [0.2, 0.25) is 0 Å². The maximum atomic E-state index is 11.6. The first-order valence-corrected chi connectivity index (χ1v) is 6.62. The van der Waals surface area contributed by atoms with Crippen LogP contribution in [0, 0.1) is 0 Å². The second kappa shape index (κ2) is 5.73. The van der Waals surface area contributed by atoms with Crippen molar-refractivity contribution in [2.75, 3.05) is 7.11 Å². The third kappa shape index (κ3) is 2.56. The number of benzene rings is 2. The Kier molecular flexibility index (Phi) is 3.62. The molecule has 0 atom stereocenters. The maximum Gasteiger partial charge on any atom is 0.360 e. The molecule has 22 heavy (non-hydrogen) atoms. The number of carbonyl (C=O) groups excluding carboxylic acids is 1. The third-order valence-corrected chi connectivity index (χ3v) is 3.19. The van der Waals surface area contributed by atoms with Crippen LogP contribution in [0.1, 0.15) is 10.5 Å². The zero-order valence-electron chi connectivity index (χ0n) is 11.8. The zero-order chi connectivity index (χ0) is 15.5. The van der Waals surface area contributed by atoms with Gasteiger partial charge in [0.15, 0.2) is 11.4 Å². The molecule has 1 heterocycles. The minimum absolute atomic E-state index is 0.119. The van der Waals surface area contributed by atoms with Crippen LogP contribution in [-0.4, -0.2) is 23.2 Å². The van der Waals surface area contributed by atoms with Crippen LogP contribution in [0.3, 0.4) is 0 Å². The fourth-order valence-corrected chi connectivity index (χ4v) is 2.11. The van der Waals surface area contributed by atoms with Gasteiger partial charge >= 0.3 is 5.97 Å². The number of pyridine rings is 1. The van der Waals surface area contributed by atoms with Gasteiger partial charge in [-0.05, 0) is 30.3 Å². The number of nitrogens with zero attached hydrogens (tertiary/aromatic N) is 1. The summed E-state index contributed by atoms with van der Waals surface area (Å²) in [5.74, 6) is 0.330. The average molecular weight is 295 g/mol. The Bertz CT molecular complexity index is 831. The molecule has 0 aliphatic heterocycles. The average Bonchev–Trinajstić information content (AvgIpc) is 2.56. The largest absolute Gasteiger partial charge is 0.505 e. The molecular formula is C17H13NO4. The molecule has 110 valence electrons. The molecule has 0 amide bonds. The fraction of sp³-hybridized carbons (Fsp3) is 0.0588. The lowest BCUT2D eigenvalue weighted by atomic mass is 10.1. The molecule has 0 spiro atoms. The number of methoxy groups -OCH3 is 1. The first-order chi connectivity index (χ1) is 10.7. The van der Waals surface area contributed by atoms with E-state index >= 15 is 0 Å². The summed E-state index contributed by atoms with van der Waals surface area (Å²) < 4.78 is 10.3. The van der Waals surface area contributed by atoms with Gasteiger partial charge in [0, 0.05) is 17.0 Å². The molecule has 0 bridgehead atoms. The lowest BCUT2D eigenvalue weighted by Crippen LogP contribution is -2.04. The van der Waals surface area contributed by atoms with Crippen LogP contribution in [0.25, 0.3) is 10.8 Å². The summed E-state index contributed by atoms with van der Waals surface area (Å²) in [4.78, 5) is 15.5. The Morgan fingerprint density at radius 2 is 1.86 bits per heavy atom. The van der Waals surface area contributed by atoms with Gasteiger partial charge in [0.1, 0.15) is 11.5 Å². The van der Waals surface area contributed by atoms with Crippen molar-refractivity contribution in [1.29, 1.82) is 0 Å². The normalized spacial score (nSPS) is 10.4. The highest BCUT2D eigenvalue weighted by molar-refractivity contribution is 5.99. The minimum atomic E-state index is -0.686. The monoisotopic (exact) mass is 295 g/mol. The third-order valence-electron chi connectivity index (χ3n) is 3.19. The highest BCUT2D eigenvalue weighted by Gasteiger charge is 2.16. The first kappa shape index (κ1) is 13.9. The van der Waals surface area contributed by atoms with Crippen molar-refractivity contribution in [2.45, 2.75) is 0 Å². The van der Waals surface area contributed by atoms with E-state index in [1.54, 1.807) is 18.2 Å². The SMILES string of the molecule is COC(=O)c1ncc2ccc(Oc3ccccc3)cc2c1O. The van der Waals surface area contributed by atoms with Crippen LogP contribution in [0.15, 0.2) is 54.7 Å². The summed E-state index contributed by atoms with van der Waals surface area (Å²) in [6.07, 6.45) is 1.51. The molecule has 0 saturated carbocycles. The first-order valence-electron chi connectivity index (χ1n) is 6.62. The van der Waals surface area contributed by atoms with Crippen molar-refractivity contribution in [1.82, 2.24) is 4.98 Å². The van der Waals surface area contributed by atoms with Crippen LogP contribution in [0.4, 0.5) is 0 Å². The predicted octanol–water partition coefficient (Wildman–Crippen LogP) is 3.52. The zero-order valence-corrected chi connectivity index (χ0v) is 11.8. The highest BCUT2D eigenvalue weighted by atomic mass is 16.5. The Morgan fingerprint density at radius 1 is 1.09 bits per heavy atom. The van der Waals surface area contributed by atoms with Crippen molar-refractivity contribution in [3.05, 3.63) is 60.4 Å². The van der Waals surface area contributed by atoms with Crippen molar-refractivity contribution in [3.8, 4) is 17.2 Å². The number of carbonyl (C=O) groups is 1. The van der Waals surface area contributed by atoms with E-state index in [0.29, 0.717) is 22.3 Å². The van der Waals surface area contributed by atoms with Gasteiger partial charge in [-0.25, -0.2) is 9.78 Å². The van der Waals surface area contributed by atoms with Gasteiger partial charge in [-0.2, -0.15) is 0 Å². The van der Waals surface area contributed by atoms with Gasteiger partial charge in [0.05, 0.1) is 7.11 Å². The van der Waals surface area contributed by atoms with E-state index in [2.05, 4.69) is 9.72 Å². The van der Waals surface area contributed by atoms with Crippen molar-refractivity contribution in [2.24, 2.45) is 0 Å². The fourth-order valence-electron chi connectivity index (χ4n) is 2.11. The molecule has 0 aliphatic carbocycles. The smallest absolute Gasteiger partial charge is 0.360 e. The summed E-state index contributed by atoms with van der Waals surface area (Å²) in [7, 11) is 1.24. The summed E-state index contributed by atoms with van der Waals surface area (Å²) in [5.41, 5.74) is -0.119. The highest BCUT2D eigenvalue weighted by Crippen LogP contribution is 2.32. The minimum Gasteiger partial charge on any atom is -0.505 e. The van der Waals surface area contributed by atoms with E-state index in [1.165, 1.54) is 13.3 Å². The molecule has 0 unspecified atom stereocenters. The molecule has 5 heteroatoms. The molecule has 1 aromatic heterocycles. The van der Waals surface area contributed by atoms with Crippen LogP contribution in [-0.2, 0) is 4.74 Å². The van der Waals surface area contributed by atoms with E-state index in [9.17, 15) is 9.90 Å². The molecule has 1 N–H and O–H groups in total. The number of aromatic hydroxyl groups is 1. The van der Waals surface area contributed by atoms with Gasteiger partial charge in [-0.15, -0.1) is 0 Å². The van der Waals surface area contributed by atoms with Gasteiger partial charge in [0.25, 0.3) is 0 Å². The molecule has 5 nitrogen and oxygen atoms in total. The molecule has 3 aromatic rings. The summed E-state index contributed by atoms with van der Waals surface area (Å²) in [6.45, 7) is 0. The Hall–Kier alpha value is -3.08. The molecular weight excluding hydrogens is 282 g/mol. The van der Waals surface area contributed by atoms with E-state index in [4.69, 9.17) is 4.74 Å². The van der Waals surface area contributed by atoms with E-state index in [-0.39, 0.29) is 11.4 Å². The van der Waals surface area contributed by atoms with Crippen molar-refractivity contribution < 1.29 is 19.4 Å². The number of ether oxygens (including phenoxy) is 2. The van der Waals surface area contributed by atoms with E-state index < -0.39 is 5.97 Å². The summed E-state index contributed by atoms with van der Waals surface area (Å²) in [6, 6.07) is 14.5. The molecule has 0 radical (unpaired) electrons. The summed E-state index contributed by atoms with van der Waals surface area (Å²) in [5, 5.41) is 11.4. The molecule has 0 saturated heterocycles. The van der Waals surface area contributed by atoms with Crippen LogP contribution in [0.5, 0.6) is 17.2 Å². The Balaban J connectivity index is 2.04. The number of fused-ring (bicyclic) bond motifs is 1. The maximum absolute atomic E-state index is 11.6. The molecule has 0 fully saturated rings. The van der Waals surface area contributed by atoms with Crippen LogP contribution < -0.4 is 4.74 Å². The van der Waals surface area contributed by atoms with Crippen LogP contribution >= 0.6 is 0 Å². The van der Waals surface area contributed by atoms with Crippen molar-refractivity contribution in [3.63, 3.8) is 0 Å². The van der Waals surface area contributed by atoms with E-state index in [1.807, 2.05) is 30.3 Å². The van der Waals surface area contributed by atoms with Gasteiger partial charge < -0.3 is 14.6 Å². The second-order valence-electron chi connectivity index (χ2n) is 4.61. The lowest BCUT2D eigenvalue weighted by molar-refractivity contribution is 0.0591. The Morgan fingerprint density at radius 3 is 2.59 bits per heavy atom. The number of rotatable bonds is 3. The quantitative estimate of drug-likeness (QED) is 0.749. The molecule has 3 rings (SSSR count).